The summed E-state index contributed by atoms with van der Waals surface area (Å²) in [7, 11) is 1.57. The molecule has 27 heavy (non-hydrogen) atoms. The number of anilines is 1. The minimum absolute atomic E-state index is 0.0831. The van der Waals surface area contributed by atoms with Crippen LogP contribution in [0.15, 0.2) is 47.8 Å². The standard InChI is InChI=1S/C17H15Cl2N5O2S/c1-23(9-15(25)20-11-5-6-12(18)13(19)8-11)16(26)10-27-17-22-21-14-4-2-3-7-24(14)17/h2-8H,9-10H2,1H3,(H,20,25). The molecule has 0 saturated carbocycles. The summed E-state index contributed by atoms with van der Waals surface area (Å²) in [6.07, 6.45) is 1.83. The van der Waals surface area contributed by atoms with E-state index in [2.05, 4.69) is 15.5 Å². The monoisotopic (exact) mass is 423 g/mol. The average Bonchev–Trinajstić information content (AvgIpc) is 3.06. The van der Waals surface area contributed by atoms with Crippen LogP contribution < -0.4 is 5.32 Å². The molecule has 10 heteroatoms. The molecule has 0 bridgehead atoms. The molecule has 0 spiro atoms. The van der Waals surface area contributed by atoms with Crippen molar-refractivity contribution < 1.29 is 9.59 Å². The number of nitrogens with one attached hydrogen (secondary N) is 1. The molecule has 2 aromatic heterocycles. The third kappa shape index (κ3) is 4.91. The Hall–Kier alpha value is -2.29. The van der Waals surface area contributed by atoms with E-state index >= 15 is 0 Å². The number of benzene rings is 1. The lowest BCUT2D eigenvalue weighted by Gasteiger charge is -2.16. The van der Waals surface area contributed by atoms with E-state index in [1.54, 1.807) is 29.6 Å². The minimum Gasteiger partial charge on any atom is -0.336 e. The van der Waals surface area contributed by atoms with E-state index in [9.17, 15) is 9.59 Å². The SMILES string of the molecule is CN(CC(=O)Nc1ccc(Cl)c(Cl)c1)C(=O)CSc1nnc2ccccn12. The molecule has 0 atom stereocenters. The Morgan fingerprint density at radius 3 is 2.78 bits per heavy atom. The molecule has 0 radical (unpaired) electrons. The third-order valence-electron chi connectivity index (χ3n) is 3.62. The number of fused-ring (bicyclic) bond motifs is 1. The maximum atomic E-state index is 12.3. The van der Waals surface area contributed by atoms with E-state index in [-0.39, 0.29) is 24.1 Å². The predicted molar refractivity (Wildman–Crippen MR) is 106 cm³/mol. The lowest BCUT2D eigenvalue weighted by atomic mass is 10.3. The van der Waals surface area contributed by atoms with Crippen molar-refractivity contribution in [3.63, 3.8) is 0 Å². The van der Waals surface area contributed by atoms with E-state index in [0.29, 0.717) is 26.5 Å². The number of nitrogens with zero attached hydrogens (tertiary/aromatic N) is 4. The van der Waals surface area contributed by atoms with Crippen molar-refractivity contribution in [2.24, 2.45) is 0 Å². The first-order valence-corrected chi connectivity index (χ1v) is 9.59. The second-order valence-corrected chi connectivity index (χ2v) is 7.38. The Bertz CT molecular complexity index is 994. The first kappa shape index (κ1) is 19.5. The van der Waals surface area contributed by atoms with Crippen molar-refractivity contribution in [1.29, 1.82) is 0 Å². The molecule has 1 N–H and O–H groups in total. The molecule has 0 aliphatic heterocycles. The van der Waals surface area contributed by atoms with Crippen molar-refractivity contribution >= 4 is 58.1 Å². The van der Waals surface area contributed by atoms with Gasteiger partial charge in [-0.3, -0.25) is 14.0 Å². The Labute approximate surface area is 169 Å². The molecule has 0 fully saturated rings. The second-order valence-electron chi connectivity index (χ2n) is 5.63. The summed E-state index contributed by atoms with van der Waals surface area (Å²) in [5, 5.41) is 12.1. The number of likely N-dealkylation sites (N-methyl/N-ethyl adjacent to an activating group) is 1. The first-order valence-electron chi connectivity index (χ1n) is 7.85. The summed E-state index contributed by atoms with van der Waals surface area (Å²) < 4.78 is 1.80. The maximum Gasteiger partial charge on any atom is 0.243 e. The van der Waals surface area contributed by atoms with Crippen LogP contribution in [0.3, 0.4) is 0 Å². The Balaban J connectivity index is 1.52. The molecule has 0 saturated heterocycles. The molecular weight excluding hydrogens is 409 g/mol. The number of rotatable bonds is 6. The number of carbonyl (C=O) groups excluding carboxylic acids is 2. The molecular formula is C17H15Cl2N5O2S. The molecule has 7 nitrogen and oxygen atoms in total. The number of carbonyl (C=O) groups is 2. The van der Waals surface area contributed by atoms with Gasteiger partial charge in [-0.15, -0.1) is 10.2 Å². The summed E-state index contributed by atoms with van der Waals surface area (Å²) >= 11 is 13.0. The van der Waals surface area contributed by atoms with Crippen LogP contribution in [0.1, 0.15) is 0 Å². The van der Waals surface area contributed by atoms with Gasteiger partial charge in [-0.05, 0) is 30.3 Å². The summed E-state index contributed by atoms with van der Waals surface area (Å²) in [5.41, 5.74) is 1.22. The highest BCUT2D eigenvalue weighted by atomic mass is 35.5. The van der Waals surface area contributed by atoms with Crippen LogP contribution in [0.4, 0.5) is 5.69 Å². The van der Waals surface area contributed by atoms with Crippen LogP contribution in [0.25, 0.3) is 5.65 Å². The number of thioether (sulfide) groups is 1. The molecule has 0 aliphatic carbocycles. The lowest BCUT2D eigenvalue weighted by molar-refractivity contribution is -0.131. The number of halogens is 2. The van der Waals surface area contributed by atoms with Gasteiger partial charge >= 0.3 is 0 Å². The van der Waals surface area contributed by atoms with Gasteiger partial charge in [-0.2, -0.15) is 0 Å². The van der Waals surface area contributed by atoms with Crippen LogP contribution >= 0.6 is 35.0 Å². The Morgan fingerprint density at radius 2 is 2.00 bits per heavy atom. The molecule has 1 aromatic carbocycles. The van der Waals surface area contributed by atoms with Crippen molar-refractivity contribution in [1.82, 2.24) is 19.5 Å². The van der Waals surface area contributed by atoms with Crippen molar-refractivity contribution in [3.8, 4) is 0 Å². The van der Waals surface area contributed by atoms with Crippen molar-refractivity contribution in [2.75, 3.05) is 24.7 Å². The van der Waals surface area contributed by atoms with Gasteiger partial charge in [0.1, 0.15) is 0 Å². The van der Waals surface area contributed by atoms with E-state index in [1.165, 1.54) is 16.7 Å². The van der Waals surface area contributed by atoms with Gasteiger partial charge in [0, 0.05) is 18.9 Å². The number of pyridine rings is 1. The number of hydrogen-bond donors (Lipinski definition) is 1. The van der Waals surface area contributed by atoms with Gasteiger partial charge in [0.2, 0.25) is 11.8 Å². The van der Waals surface area contributed by atoms with Crippen LogP contribution in [-0.4, -0.2) is 50.7 Å². The Kier molecular flexibility index (Phi) is 6.20. The van der Waals surface area contributed by atoms with E-state index in [1.807, 2.05) is 24.4 Å². The maximum absolute atomic E-state index is 12.3. The van der Waals surface area contributed by atoms with Crippen molar-refractivity contribution in [2.45, 2.75) is 5.16 Å². The quantitative estimate of drug-likeness (QED) is 0.615. The highest BCUT2D eigenvalue weighted by molar-refractivity contribution is 7.99. The van der Waals surface area contributed by atoms with Gasteiger partial charge < -0.3 is 10.2 Å². The normalized spacial score (nSPS) is 10.8. The van der Waals surface area contributed by atoms with Gasteiger partial charge in [0.25, 0.3) is 0 Å². The second kappa shape index (κ2) is 8.60. The lowest BCUT2D eigenvalue weighted by Crippen LogP contribution is -2.36. The van der Waals surface area contributed by atoms with E-state index in [0.717, 1.165) is 0 Å². The molecule has 2 amide bonds. The molecule has 2 heterocycles. The Morgan fingerprint density at radius 1 is 1.19 bits per heavy atom. The zero-order chi connectivity index (χ0) is 19.4. The fourth-order valence-electron chi connectivity index (χ4n) is 2.23. The van der Waals surface area contributed by atoms with Crippen molar-refractivity contribution in [3.05, 3.63) is 52.6 Å². The molecule has 0 aliphatic rings. The number of amides is 2. The zero-order valence-electron chi connectivity index (χ0n) is 14.2. The summed E-state index contributed by atoms with van der Waals surface area (Å²) in [6, 6.07) is 10.3. The minimum atomic E-state index is -0.331. The molecule has 3 aromatic rings. The fraction of sp³-hybridized carbons (Fsp3) is 0.176. The highest BCUT2D eigenvalue weighted by Crippen LogP contribution is 2.25. The van der Waals surface area contributed by atoms with Gasteiger partial charge in [0.15, 0.2) is 10.8 Å². The summed E-state index contributed by atoms with van der Waals surface area (Å²) in [4.78, 5) is 25.8. The summed E-state index contributed by atoms with van der Waals surface area (Å²) in [6.45, 7) is -0.0831. The topological polar surface area (TPSA) is 79.6 Å². The van der Waals surface area contributed by atoms with E-state index in [4.69, 9.17) is 23.2 Å². The fourth-order valence-corrected chi connectivity index (χ4v) is 3.40. The smallest absolute Gasteiger partial charge is 0.243 e. The van der Waals surface area contributed by atoms with Gasteiger partial charge in [-0.1, -0.05) is 41.0 Å². The largest absolute Gasteiger partial charge is 0.336 e. The highest BCUT2D eigenvalue weighted by Gasteiger charge is 2.15. The molecule has 0 unspecified atom stereocenters. The average molecular weight is 424 g/mol. The third-order valence-corrected chi connectivity index (χ3v) is 5.28. The van der Waals surface area contributed by atoms with Crippen LogP contribution in [0, 0.1) is 0 Å². The first-order chi connectivity index (χ1) is 12.9. The van der Waals surface area contributed by atoms with Gasteiger partial charge in [-0.25, -0.2) is 0 Å². The molecule has 3 rings (SSSR count). The van der Waals surface area contributed by atoms with Crippen LogP contribution in [-0.2, 0) is 9.59 Å². The summed E-state index contributed by atoms with van der Waals surface area (Å²) in [5.74, 6) is -0.383. The van der Waals surface area contributed by atoms with E-state index < -0.39 is 0 Å². The van der Waals surface area contributed by atoms with Crippen LogP contribution in [0.2, 0.25) is 10.0 Å². The number of aromatic nitrogens is 3. The molecule has 140 valence electrons. The zero-order valence-corrected chi connectivity index (χ0v) is 16.6. The van der Waals surface area contributed by atoms with Crippen LogP contribution in [0.5, 0.6) is 0 Å². The van der Waals surface area contributed by atoms with Gasteiger partial charge in [0.05, 0.1) is 22.3 Å². The predicted octanol–water partition coefficient (Wildman–Crippen LogP) is 3.23. The number of hydrogen-bond acceptors (Lipinski definition) is 5.